The molecule has 0 spiro atoms. The Morgan fingerprint density at radius 1 is 0.550 bits per heavy atom. The lowest BCUT2D eigenvalue weighted by molar-refractivity contribution is 0.601. The minimum Gasteiger partial charge on any atom is -0.280 e. The highest BCUT2D eigenvalue weighted by Crippen LogP contribution is 2.38. The Bertz CT molecular complexity index is 1650. The molecule has 0 bridgehead atoms. The second-order valence-corrected chi connectivity index (χ2v) is 11.2. The summed E-state index contributed by atoms with van der Waals surface area (Å²) in [5.74, 6) is 0. The Labute approximate surface area is 236 Å². The molecule has 198 valence electrons. The normalized spacial score (nSPS) is 13.3. The summed E-state index contributed by atoms with van der Waals surface area (Å²) in [6.07, 6.45) is 8.51. The van der Waals surface area contributed by atoms with E-state index in [1.54, 1.807) is 24.3 Å². The number of aryl methyl sites for hydroxylation is 1. The molecule has 0 radical (unpaired) electrons. The molecule has 0 amide bonds. The molecule has 5 aromatic carbocycles. The lowest BCUT2D eigenvalue weighted by Gasteiger charge is -2.30. The number of rotatable bonds is 9. The Kier molecular flexibility index (Phi) is 8.06. The highest BCUT2D eigenvalue weighted by atomic mass is 32.2. The van der Waals surface area contributed by atoms with E-state index < -0.39 is 10.0 Å². The van der Waals surface area contributed by atoms with Gasteiger partial charge in [-0.15, -0.1) is 0 Å². The van der Waals surface area contributed by atoms with Gasteiger partial charge < -0.3 is 0 Å². The Morgan fingerprint density at radius 2 is 1.00 bits per heavy atom. The standard InChI is InChI=1S/C35H31N2O2S/c1-29-17-23-35(24-18-29)40(38,39)36-32-19-21-34(22-20-32)37(33-15-9-4-10-16-33,27-25-30-11-5-2-6-12-30)28-26-31-13-7-3-8-14-31/h2-28,36H,1H3/q+1. The number of quaternary nitrogens is 1. The zero-order valence-electron chi connectivity index (χ0n) is 22.3. The monoisotopic (exact) mass is 543 g/mol. The van der Waals surface area contributed by atoms with Crippen LogP contribution in [-0.2, 0) is 10.0 Å². The molecular formula is C35H31N2O2S+. The van der Waals surface area contributed by atoms with E-state index in [1.807, 2.05) is 85.8 Å². The maximum atomic E-state index is 13.0. The summed E-state index contributed by atoms with van der Waals surface area (Å²) in [5, 5.41) is 0. The van der Waals surface area contributed by atoms with Crippen molar-refractivity contribution in [2.75, 3.05) is 4.72 Å². The van der Waals surface area contributed by atoms with Crippen LogP contribution in [0.5, 0.6) is 0 Å². The average Bonchev–Trinajstić information content (AvgIpc) is 2.99. The second kappa shape index (κ2) is 12.0. The predicted molar refractivity (Wildman–Crippen MR) is 167 cm³/mol. The summed E-state index contributed by atoms with van der Waals surface area (Å²) in [7, 11) is -3.71. The number of benzene rings is 5. The first-order valence-electron chi connectivity index (χ1n) is 13.1. The zero-order chi connectivity index (χ0) is 27.8. The van der Waals surface area contributed by atoms with Gasteiger partial charge in [0.25, 0.3) is 10.0 Å². The van der Waals surface area contributed by atoms with E-state index in [9.17, 15) is 8.42 Å². The molecule has 4 nitrogen and oxygen atoms in total. The van der Waals surface area contributed by atoms with E-state index in [4.69, 9.17) is 0 Å². The van der Waals surface area contributed by atoms with Crippen molar-refractivity contribution < 1.29 is 8.42 Å². The Balaban J connectivity index is 1.58. The molecule has 40 heavy (non-hydrogen) atoms. The smallest absolute Gasteiger partial charge is 0.261 e. The number of para-hydroxylation sites is 1. The summed E-state index contributed by atoms with van der Waals surface area (Å²) in [6, 6.07) is 45.0. The van der Waals surface area contributed by atoms with Gasteiger partial charge >= 0.3 is 0 Å². The first kappa shape index (κ1) is 26.9. The minimum atomic E-state index is -3.71. The fourth-order valence-corrected chi connectivity index (χ4v) is 5.52. The fourth-order valence-electron chi connectivity index (χ4n) is 4.46. The van der Waals surface area contributed by atoms with Crippen molar-refractivity contribution in [2.24, 2.45) is 0 Å². The van der Waals surface area contributed by atoms with Crippen molar-refractivity contribution in [2.45, 2.75) is 11.8 Å². The molecule has 0 aliphatic heterocycles. The first-order valence-corrected chi connectivity index (χ1v) is 14.6. The molecule has 5 heteroatoms. The number of sulfonamides is 1. The molecule has 0 atom stereocenters. The van der Waals surface area contributed by atoms with Gasteiger partial charge in [0.1, 0.15) is 23.8 Å². The predicted octanol–water partition coefficient (Wildman–Crippen LogP) is 8.78. The van der Waals surface area contributed by atoms with Gasteiger partial charge in [0.2, 0.25) is 0 Å². The quantitative estimate of drug-likeness (QED) is 0.189. The topological polar surface area (TPSA) is 46.2 Å². The van der Waals surface area contributed by atoms with Crippen LogP contribution in [0.1, 0.15) is 16.7 Å². The summed E-state index contributed by atoms with van der Waals surface area (Å²) >= 11 is 0. The van der Waals surface area contributed by atoms with E-state index in [0.717, 1.165) is 28.1 Å². The van der Waals surface area contributed by atoms with E-state index in [0.29, 0.717) is 5.69 Å². The van der Waals surface area contributed by atoms with Gasteiger partial charge in [0, 0.05) is 30.0 Å². The average molecular weight is 544 g/mol. The molecule has 0 unspecified atom stereocenters. The summed E-state index contributed by atoms with van der Waals surface area (Å²) < 4.78 is 29.0. The van der Waals surface area contributed by atoms with Crippen molar-refractivity contribution in [1.29, 1.82) is 0 Å². The fraction of sp³-hybridized carbons (Fsp3) is 0.0286. The number of nitrogens with zero attached hydrogens (tertiary/aromatic N) is 1. The summed E-state index contributed by atoms with van der Waals surface area (Å²) in [5.41, 5.74) is 5.65. The maximum Gasteiger partial charge on any atom is 0.261 e. The highest BCUT2D eigenvalue weighted by molar-refractivity contribution is 7.92. The van der Waals surface area contributed by atoms with Crippen LogP contribution < -0.4 is 9.21 Å². The summed E-state index contributed by atoms with van der Waals surface area (Å²) in [6.45, 7) is 1.93. The van der Waals surface area contributed by atoms with Crippen LogP contribution >= 0.6 is 0 Å². The lowest BCUT2D eigenvalue weighted by Crippen LogP contribution is -2.31. The molecule has 5 aromatic rings. The van der Waals surface area contributed by atoms with Crippen LogP contribution in [0, 0.1) is 6.92 Å². The molecule has 0 aromatic heterocycles. The maximum absolute atomic E-state index is 13.0. The third-order valence-corrected chi connectivity index (χ3v) is 8.06. The van der Waals surface area contributed by atoms with Crippen molar-refractivity contribution in [3.63, 3.8) is 0 Å². The minimum absolute atomic E-state index is 0.230. The van der Waals surface area contributed by atoms with Gasteiger partial charge in [-0.2, -0.15) is 0 Å². The number of hydrogen-bond donors (Lipinski definition) is 1. The number of anilines is 1. The van der Waals surface area contributed by atoms with Gasteiger partial charge in [-0.3, -0.25) is 4.72 Å². The van der Waals surface area contributed by atoms with Gasteiger partial charge in [-0.1, -0.05) is 96.6 Å². The molecule has 0 saturated carbocycles. The molecule has 0 aliphatic carbocycles. The Hall–Kier alpha value is -4.71. The van der Waals surface area contributed by atoms with Crippen LogP contribution in [-0.4, -0.2) is 8.42 Å². The van der Waals surface area contributed by atoms with Gasteiger partial charge in [0.15, 0.2) is 0 Å². The zero-order valence-corrected chi connectivity index (χ0v) is 23.1. The molecule has 0 saturated heterocycles. The SMILES string of the molecule is Cc1ccc(S(=O)(=O)Nc2ccc([N+](C=Cc3ccccc3)(C=Cc3ccccc3)c3ccccc3)cc2)cc1. The number of hydrogen-bond acceptors (Lipinski definition) is 2. The Morgan fingerprint density at radius 3 is 1.50 bits per heavy atom. The third kappa shape index (κ3) is 6.29. The van der Waals surface area contributed by atoms with E-state index in [2.05, 4.69) is 65.7 Å². The van der Waals surface area contributed by atoms with Crippen LogP contribution in [0.25, 0.3) is 12.2 Å². The third-order valence-electron chi connectivity index (χ3n) is 6.66. The van der Waals surface area contributed by atoms with Crippen molar-refractivity contribution in [3.8, 4) is 0 Å². The largest absolute Gasteiger partial charge is 0.280 e. The molecule has 5 rings (SSSR count). The van der Waals surface area contributed by atoms with Gasteiger partial charge in [-0.05, 0) is 54.5 Å². The summed E-state index contributed by atoms with van der Waals surface area (Å²) in [4.78, 5) is 0.230. The number of nitrogens with one attached hydrogen (secondary N) is 1. The van der Waals surface area contributed by atoms with E-state index in [-0.39, 0.29) is 9.38 Å². The van der Waals surface area contributed by atoms with Crippen LogP contribution in [0.15, 0.2) is 157 Å². The van der Waals surface area contributed by atoms with E-state index in [1.165, 1.54) is 0 Å². The molecular weight excluding hydrogens is 512 g/mol. The van der Waals surface area contributed by atoms with Crippen LogP contribution in [0.4, 0.5) is 17.1 Å². The van der Waals surface area contributed by atoms with Crippen LogP contribution in [0.2, 0.25) is 0 Å². The van der Waals surface area contributed by atoms with E-state index >= 15 is 0 Å². The molecule has 1 N–H and O–H groups in total. The lowest BCUT2D eigenvalue weighted by atomic mass is 10.1. The first-order chi connectivity index (χ1) is 19.4. The molecule has 0 fully saturated rings. The van der Waals surface area contributed by atoms with Gasteiger partial charge in [-0.25, -0.2) is 12.9 Å². The van der Waals surface area contributed by atoms with Crippen molar-refractivity contribution in [3.05, 3.63) is 169 Å². The van der Waals surface area contributed by atoms with Crippen molar-refractivity contribution in [1.82, 2.24) is 4.48 Å². The second-order valence-electron chi connectivity index (χ2n) is 9.53. The van der Waals surface area contributed by atoms with Gasteiger partial charge in [0.05, 0.1) is 4.90 Å². The van der Waals surface area contributed by atoms with Crippen LogP contribution in [0.3, 0.4) is 0 Å². The molecule has 0 aliphatic rings. The van der Waals surface area contributed by atoms with Crippen molar-refractivity contribution >= 4 is 39.2 Å². The molecule has 0 heterocycles. The highest BCUT2D eigenvalue weighted by Gasteiger charge is 2.29.